The van der Waals surface area contributed by atoms with E-state index in [1.807, 2.05) is 12.1 Å². The van der Waals surface area contributed by atoms with Crippen LogP contribution in [0.2, 0.25) is 0 Å². The summed E-state index contributed by atoms with van der Waals surface area (Å²) in [5, 5.41) is 3.42. The van der Waals surface area contributed by atoms with Gasteiger partial charge in [0.25, 0.3) is 11.8 Å². The zero-order valence-electron chi connectivity index (χ0n) is 11.9. The zero-order valence-corrected chi connectivity index (χ0v) is 11.9. The largest absolute Gasteiger partial charge is 0.338 e. The molecular formula is C16H20F2N2O. The molecule has 0 radical (unpaired) electrons. The molecule has 21 heavy (non-hydrogen) atoms. The maximum absolute atomic E-state index is 13.1. The first-order chi connectivity index (χ1) is 10.0. The predicted octanol–water partition coefficient (Wildman–Crippen LogP) is 2.81. The van der Waals surface area contributed by atoms with E-state index in [1.54, 1.807) is 12.1 Å². The molecule has 114 valence electrons. The number of nitrogens with one attached hydrogen (secondary N) is 1. The lowest BCUT2D eigenvalue weighted by Gasteiger charge is -2.31. The van der Waals surface area contributed by atoms with Crippen molar-refractivity contribution in [2.24, 2.45) is 0 Å². The number of halogens is 2. The zero-order chi connectivity index (χ0) is 14.9. The van der Waals surface area contributed by atoms with Crippen LogP contribution in [-0.4, -0.2) is 35.9 Å². The summed E-state index contributed by atoms with van der Waals surface area (Å²) >= 11 is 0. The standard InChI is InChI=1S/C16H20F2N2O/c17-16(18)7-9-20(10-8-16)15(21)13-3-1-12(2-4-13)11-19-14-5-6-14/h1-4,14,19H,5-11H2. The molecule has 2 aliphatic rings. The molecule has 0 spiro atoms. The first kappa shape index (κ1) is 14.4. The molecule has 0 unspecified atom stereocenters. The van der Waals surface area contributed by atoms with E-state index in [0.29, 0.717) is 11.6 Å². The lowest BCUT2D eigenvalue weighted by molar-refractivity contribution is -0.0494. The average molecular weight is 294 g/mol. The number of rotatable bonds is 4. The number of nitrogens with zero attached hydrogens (tertiary/aromatic N) is 1. The lowest BCUT2D eigenvalue weighted by Crippen LogP contribution is -2.42. The van der Waals surface area contributed by atoms with E-state index >= 15 is 0 Å². The molecule has 1 aromatic carbocycles. The normalized spacial score (nSPS) is 21.3. The highest BCUT2D eigenvalue weighted by atomic mass is 19.3. The maximum Gasteiger partial charge on any atom is 0.253 e. The fourth-order valence-corrected chi connectivity index (χ4v) is 2.53. The first-order valence-electron chi connectivity index (χ1n) is 7.53. The molecule has 0 atom stereocenters. The Balaban J connectivity index is 1.56. The number of likely N-dealkylation sites (tertiary alicyclic amines) is 1. The Kier molecular flexibility index (Phi) is 3.93. The molecule has 1 aliphatic carbocycles. The Bertz CT molecular complexity index is 502. The van der Waals surface area contributed by atoms with Gasteiger partial charge in [-0.25, -0.2) is 8.78 Å². The van der Waals surface area contributed by atoms with E-state index in [2.05, 4.69) is 5.32 Å². The van der Waals surface area contributed by atoms with Gasteiger partial charge in [0.05, 0.1) is 0 Å². The van der Waals surface area contributed by atoms with E-state index in [4.69, 9.17) is 0 Å². The van der Waals surface area contributed by atoms with Crippen molar-refractivity contribution < 1.29 is 13.6 Å². The molecule has 1 N–H and O–H groups in total. The minimum absolute atomic E-state index is 0.136. The number of carbonyl (C=O) groups excluding carboxylic acids is 1. The van der Waals surface area contributed by atoms with Crippen LogP contribution in [0.4, 0.5) is 8.78 Å². The van der Waals surface area contributed by atoms with E-state index in [9.17, 15) is 13.6 Å². The molecular weight excluding hydrogens is 274 g/mol. The monoisotopic (exact) mass is 294 g/mol. The van der Waals surface area contributed by atoms with Crippen molar-refractivity contribution in [3.63, 3.8) is 0 Å². The molecule has 3 rings (SSSR count). The smallest absolute Gasteiger partial charge is 0.253 e. The number of amides is 1. The van der Waals surface area contributed by atoms with Crippen LogP contribution < -0.4 is 5.32 Å². The summed E-state index contributed by atoms with van der Waals surface area (Å²) in [4.78, 5) is 13.8. The summed E-state index contributed by atoms with van der Waals surface area (Å²) in [5.41, 5.74) is 1.72. The quantitative estimate of drug-likeness (QED) is 0.926. The Labute approximate surface area is 123 Å². The number of piperidine rings is 1. The van der Waals surface area contributed by atoms with Crippen LogP contribution in [-0.2, 0) is 6.54 Å². The highest BCUT2D eigenvalue weighted by Crippen LogP contribution is 2.28. The van der Waals surface area contributed by atoms with Gasteiger partial charge >= 0.3 is 0 Å². The highest BCUT2D eigenvalue weighted by molar-refractivity contribution is 5.94. The second-order valence-electron chi connectivity index (χ2n) is 6.00. The minimum Gasteiger partial charge on any atom is -0.338 e. The topological polar surface area (TPSA) is 32.3 Å². The molecule has 1 heterocycles. The number of hydrogen-bond acceptors (Lipinski definition) is 2. The summed E-state index contributed by atoms with van der Waals surface area (Å²) in [6.07, 6.45) is 2.02. The van der Waals surface area contributed by atoms with Crippen LogP contribution in [0.5, 0.6) is 0 Å². The van der Waals surface area contributed by atoms with Crippen molar-refractivity contribution in [1.82, 2.24) is 10.2 Å². The van der Waals surface area contributed by atoms with Crippen LogP contribution >= 0.6 is 0 Å². The molecule has 0 bridgehead atoms. The van der Waals surface area contributed by atoms with Gasteiger partial charge in [0.15, 0.2) is 0 Å². The summed E-state index contributed by atoms with van der Waals surface area (Å²) in [7, 11) is 0. The molecule has 1 amide bonds. The number of hydrogen-bond donors (Lipinski definition) is 1. The number of benzene rings is 1. The summed E-state index contributed by atoms with van der Waals surface area (Å²) in [6.45, 7) is 1.09. The van der Waals surface area contributed by atoms with E-state index < -0.39 is 5.92 Å². The van der Waals surface area contributed by atoms with Crippen molar-refractivity contribution in [2.75, 3.05) is 13.1 Å². The van der Waals surface area contributed by atoms with Crippen LogP contribution in [0.1, 0.15) is 41.6 Å². The molecule has 1 saturated heterocycles. The van der Waals surface area contributed by atoms with Crippen LogP contribution in [0, 0.1) is 0 Å². The van der Waals surface area contributed by atoms with Gasteiger partial charge in [0.2, 0.25) is 0 Å². The average Bonchev–Trinajstić information content (AvgIpc) is 3.29. The van der Waals surface area contributed by atoms with Crippen molar-refractivity contribution in [3.05, 3.63) is 35.4 Å². The van der Waals surface area contributed by atoms with Gasteiger partial charge in [-0.15, -0.1) is 0 Å². The summed E-state index contributed by atoms with van der Waals surface area (Å²) < 4.78 is 26.2. The Morgan fingerprint density at radius 3 is 2.38 bits per heavy atom. The third kappa shape index (κ3) is 3.79. The van der Waals surface area contributed by atoms with E-state index in [-0.39, 0.29) is 31.8 Å². The van der Waals surface area contributed by atoms with Crippen molar-refractivity contribution in [1.29, 1.82) is 0 Å². The van der Waals surface area contributed by atoms with Gasteiger partial charge in [-0.1, -0.05) is 12.1 Å². The van der Waals surface area contributed by atoms with Crippen molar-refractivity contribution in [3.8, 4) is 0 Å². The molecule has 3 nitrogen and oxygen atoms in total. The second kappa shape index (κ2) is 5.72. The number of carbonyl (C=O) groups is 1. The van der Waals surface area contributed by atoms with Gasteiger partial charge in [-0.2, -0.15) is 0 Å². The van der Waals surface area contributed by atoms with Crippen molar-refractivity contribution >= 4 is 5.91 Å². The lowest BCUT2D eigenvalue weighted by atomic mass is 10.0. The van der Waals surface area contributed by atoms with Crippen LogP contribution in [0.15, 0.2) is 24.3 Å². The SMILES string of the molecule is O=C(c1ccc(CNC2CC2)cc1)N1CCC(F)(F)CC1. The third-order valence-corrected chi connectivity index (χ3v) is 4.16. The van der Waals surface area contributed by atoms with Crippen LogP contribution in [0.3, 0.4) is 0 Å². The molecule has 5 heteroatoms. The fourth-order valence-electron chi connectivity index (χ4n) is 2.53. The summed E-state index contributed by atoms with van der Waals surface area (Å²) in [5.74, 6) is -2.76. The van der Waals surface area contributed by atoms with Gasteiger partial charge < -0.3 is 10.2 Å². The molecule has 1 aliphatic heterocycles. The van der Waals surface area contributed by atoms with Gasteiger partial charge in [0, 0.05) is 44.1 Å². The third-order valence-electron chi connectivity index (χ3n) is 4.16. The maximum atomic E-state index is 13.1. The van der Waals surface area contributed by atoms with Gasteiger partial charge in [-0.3, -0.25) is 4.79 Å². The molecule has 0 aromatic heterocycles. The Hall–Kier alpha value is -1.49. The first-order valence-corrected chi connectivity index (χ1v) is 7.53. The minimum atomic E-state index is -2.62. The molecule has 1 aromatic rings. The van der Waals surface area contributed by atoms with Gasteiger partial charge in [0.1, 0.15) is 0 Å². The fraction of sp³-hybridized carbons (Fsp3) is 0.562. The van der Waals surface area contributed by atoms with E-state index in [1.165, 1.54) is 17.7 Å². The highest BCUT2D eigenvalue weighted by Gasteiger charge is 2.35. The summed E-state index contributed by atoms with van der Waals surface area (Å²) in [6, 6.07) is 8.10. The number of alkyl halides is 2. The molecule has 2 fully saturated rings. The van der Waals surface area contributed by atoms with E-state index in [0.717, 1.165) is 12.1 Å². The molecule has 1 saturated carbocycles. The predicted molar refractivity (Wildman–Crippen MR) is 76.4 cm³/mol. The van der Waals surface area contributed by atoms with Gasteiger partial charge in [-0.05, 0) is 30.5 Å². The Morgan fingerprint density at radius 1 is 1.19 bits per heavy atom. The van der Waals surface area contributed by atoms with Crippen molar-refractivity contribution in [2.45, 2.75) is 44.2 Å². The Morgan fingerprint density at radius 2 is 1.81 bits per heavy atom. The second-order valence-corrected chi connectivity index (χ2v) is 6.00. The van der Waals surface area contributed by atoms with Crippen LogP contribution in [0.25, 0.3) is 0 Å².